The highest BCUT2D eigenvalue weighted by Gasteiger charge is 2.40. The van der Waals surface area contributed by atoms with E-state index in [1.54, 1.807) is 18.2 Å². The van der Waals surface area contributed by atoms with Gasteiger partial charge in [0.05, 0.1) is 6.61 Å². The number of phosphoric ester groups is 1. The third-order valence-electron chi connectivity index (χ3n) is 8.72. The lowest BCUT2D eigenvalue weighted by atomic mass is 9.73. The zero-order valence-corrected chi connectivity index (χ0v) is 26.7. The van der Waals surface area contributed by atoms with Crippen LogP contribution in [-0.4, -0.2) is 22.1 Å². The van der Waals surface area contributed by atoms with Crippen molar-refractivity contribution in [1.29, 1.82) is 0 Å². The second-order valence-electron chi connectivity index (χ2n) is 12.2. The van der Waals surface area contributed by atoms with E-state index in [-0.39, 0.29) is 35.9 Å². The van der Waals surface area contributed by atoms with Crippen molar-refractivity contribution in [3.8, 4) is 11.5 Å². The highest BCUT2D eigenvalue weighted by atomic mass is 31.2. The van der Waals surface area contributed by atoms with Crippen LogP contribution in [0.2, 0.25) is 0 Å². The minimum Gasteiger partial charge on any atom is -0.507 e. The Morgan fingerprint density at radius 1 is 1.09 bits per heavy atom. The van der Waals surface area contributed by atoms with Gasteiger partial charge < -0.3 is 14.7 Å². The molecule has 0 saturated heterocycles. The molecule has 0 bridgehead atoms. The van der Waals surface area contributed by atoms with Gasteiger partial charge in [0.2, 0.25) is 0 Å². The number of phenols is 1. The molecule has 0 radical (unpaired) electrons. The van der Waals surface area contributed by atoms with E-state index in [4.69, 9.17) is 13.8 Å². The van der Waals surface area contributed by atoms with Gasteiger partial charge in [-0.3, -0.25) is 9.05 Å². The van der Waals surface area contributed by atoms with Gasteiger partial charge in [-0.05, 0) is 87.5 Å². The maximum Gasteiger partial charge on any atom is 0.473 e. The van der Waals surface area contributed by atoms with Gasteiger partial charge in [-0.15, -0.1) is 0 Å². The topological polar surface area (TPSA) is 102 Å². The molecule has 0 spiro atoms. The van der Waals surface area contributed by atoms with Crippen LogP contribution < -0.4 is 4.74 Å². The lowest BCUT2D eigenvalue weighted by molar-refractivity contribution is -0.146. The van der Waals surface area contributed by atoms with E-state index in [2.05, 4.69) is 26.5 Å². The van der Waals surface area contributed by atoms with E-state index in [1.165, 1.54) is 5.57 Å². The van der Waals surface area contributed by atoms with Crippen LogP contribution in [0, 0.1) is 11.8 Å². The van der Waals surface area contributed by atoms with Crippen molar-refractivity contribution >= 4 is 13.8 Å². The van der Waals surface area contributed by atoms with Crippen molar-refractivity contribution in [2.75, 3.05) is 0 Å². The largest absolute Gasteiger partial charge is 0.507 e. The molecule has 234 valence electrons. The molecular formula is C35H47O7P. The van der Waals surface area contributed by atoms with Gasteiger partial charge in [0.1, 0.15) is 11.5 Å². The summed E-state index contributed by atoms with van der Waals surface area (Å²) < 4.78 is 30.1. The fraction of sp³-hybridized carbons (Fsp3) is 0.514. The van der Waals surface area contributed by atoms with Crippen molar-refractivity contribution in [1.82, 2.24) is 0 Å². The number of rotatable bonds is 14. The monoisotopic (exact) mass is 610 g/mol. The van der Waals surface area contributed by atoms with Crippen LogP contribution >= 0.6 is 7.82 Å². The summed E-state index contributed by atoms with van der Waals surface area (Å²) in [5, 5.41) is 11.4. The summed E-state index contributed by atoms with van der Waals surface area (Å²) in [6, 6.07) is 12.6. The molecular weight excluding hydrogens is 563 g/mol. The quantitative estimate of drug-likeness (QED) is 0.0724. The summed E-state index contributed by atoms with van der Waals surface area (Å²) in [7, 11) is -4.60. The molecule has 8 heteroatoms. The Morgan fingerprint density at radius 2 is 1.81 bits per heavy atom. The van der Waals surface area contributed by atoms with E-state index in [9.17, 15) is 19.4 Å². The first-order valence-corrected chi connectivity index (χ1v) is 17.2. The third kappa shape index (κ3) is 9.15. The minimum atomic E-state index is -4.60. The van der Waals surface area contributed by atoms with E-state index in [0.717, 1.165) is 62.5 Å². The number of unbranched alkanes of at least 4 members (excludes halogenated alkanes) is 2. The molecule has 1 fully saturated rings. The van der Waals surface area contributed by atoms with Crippen LogP contribution in [0.4, 0.5) is 0 Å². The van der Waals surface area contributed by atoms with Crippen LogP contribution in [0.5, 0.6) is 11.5 Å². The van der Waals surface area contributed by atoms with Crippen molar-refractivity contribution in [3.05, 3.63) is 83.0 Å². The van der Waals surface area contributed by atoms with Gasteiger partial charge in [0.15, 0.2) is 6.10 Å². The molecule has 7 nitrogen and oxygen atoms in total. The predicted molar refractivity (Wildman–Crippen MR) is 169 cm³/mol. The Labute approximate surface area is 256 Å². The summed E-state index contributed by atoms with van der Waals surface area (Å²) in [6.07, 6.45) is 9.60. The van der Waals surface area contributed by atoms with Crippen LogP contribution in [-0.2, 0) is 31.4 Å². The number of ether oxygens (including phenoxy) is 1. The molecule has 0 heterocycles. The van der Waals surface area contributed by atoms with Crippen molar-refractivity contribution in [3.63, 3.8) is 0 Å². The molecule has 2 unspecified atom stereocenters. The van der Waals surface area contributed by atoms with Crippen LogP contribution in [0.3, 0.4) is 0 Å². The number of aryl methyl sites for hydroxylation is 1. The Bertz CT molecular complexity index is 1330. The smallest absolute Gasteiger partial charge is 0.473 e. The zero-order chi connectivity index (χ0) is 31.0. The molecule has 2 aromatic rings. The Hall–Kier alpha value is -2.70. The first-order chi connectivity index (χ1) is 20.6. The lowest BCUT2D eigenvalue weighted by Crippen LogP contribution is -2.34. The van der Waals surface area contributed by atoms with E-state index in [0.29, 0.717) is 24.0 Å². The number of aromatic hydroxyl groups is 1. The summed E-state index contributed by atoms with van der Waals surface area (Å²) in [5.74, 6) is -0.830. The number of esters is 1. The van der Waals surface area contributed by atoms with Gasteiger partial charge >= 0.3 is 13.8 Å². The predicted octanol–water partition coefficient (Wildman–Crippen LogP) is 8.94. The summed E-state index contributed by atoms with van der Waals surface area (Å²) >= 11 is 0. The third-order valence-corrected chi connectivity index (χ3v) is 9.67. The molecule has 2 N–H and O–H groups in total. The first kappa shape index (κ1) is 33.2. The van der Waals surface area contributed by atoms with Crippen LogP contribution in [0.25, 0.3) is 0 Å². The molecule has 0 amide bonds. The number of carbonyl (C=O) groups excluding carboxylic acids is 1. The number of allylic oxidation sites excluding steroid dienone is 3. The second-order valence-corrected chi connectivity index (χ2v) is 13.6. The molecule has 2 aromatic carbocycles. The summed E-state index contributed by atoms with van der Waals surface area (Å²) in [4.78, 5) is 24.6. The Balaban J connectivity index is 1.65. The van der Waals surface area contributed by atoms with E-state index in [1.807, 2.05) is 31.2 Å². The van der Waals surface area contributed by atoms with Crippen molar-refractivity contribution < 1.29 is 33.1 Å². The highest BCUT2D eigenvalue weighted by Crippen LogP contribution is 2.50. The minimum absolute atomic E-state index is 0.0731. The Morgan fingerprint density at radius 3 is 2.49 bits per heavy atom. The Kier molecular flexibility index (Phi) is 11.8. The fourth-order valence-electron chi connectivity index (χ4n) is 6.37. The molecule has 0 aliphatic heterocycles. The molecule has 43 heavy (non-hydrogen) atoms. The first-order valence-electron chi connectivity index (χ1n) is 15.7. The van der Waals surface area contributed by atoms with Crippen molar-refractivity contribution in [2.24, 2.45) is 11.8 Å². The average Bonchev–Trinajstić information content (AvgIpc) is 3.50. The average molecular weight is 611 g/mol. The maximum atomic E-state index is 13.9. The molecule has 4 rings (SSSR count). The molecule has 2 aliphatic carbocycles. The fourth-order valence-corrected chi connectivity index (χ4v) is 7.29. The summed E-state index contributed by atoms with van der Waals surface area (Å²) in [5.41, 5.74) is 4.33. The number of phenolic OH excluding ortho intramolecular Hbond substituents is 1. The van der Waals surface area contributed by atoms with Crippen LogP contribution in [0.15, 0.2) is 66.3 Å². The standard InChI is InChI=1S/C35H47O7P/c1-5-6-8-15-27-21-31(36)33(30-20-25(4)18-19-29(30)24(2)3)32(22-27)41-35(37)34(28-16-11-12-17-28)42-43(38,39)40-23-26-13-9-7-10-14-26/h7,9-10,13-14,20-22,28-30,34,36H,2,5-6,8,11-12,15-19,23H2,1,3-4H3,(H,38,39)/t29-,30+,34?/m0/s1. The number of hydrogen-bond acceptors (Lipinski definition) is 6. The lowest BCUT2D eigenvalue weighted by Gasteiger charge is -2.32. The van der Waals surface area contributed by atoms with E-state index >= 15 is 0 Å². The van der Waals surface area contributed by atoms with Gasteiger partial charge in [-0.2, -0.15) is 0 Å². The highest BCUT2D eigenvalue weighted by molar-refractivity contribution is 7.47. The number of phosphoric acid groups is 1. The molecule has 0 aromatic heterocycles. The number of carbonyl (C=O) groups is 1. The number of hydrogen-bond donors (Lipinski definition) is 2. The summed E-state index contributed by atoms with van der Waals surface area (Å²) in [6.45, 7) is 10.3. The SMILES string of the molecule is C=C(C)[C@@H]1CCC(C)=C[C@H]1c1c(O)cc(CCCCC)cc1OC(=O)C(OP(=O)(O)OCc1ccccc1)C1CCCC1. The number of benzene rings is 2. The van der Waals surface area contributed by atoms with Gasteiger partial charge in [-0.25, -0.2) is 9.36 Å². The van der Waals surface area contributed by atoms with Crippen molar-refractivity contribution in [2.45, 2.75) is 104 Å². The van der Waals surface area contributed by atoms with Gasteiger partial charge in [0, 0.05) is 11.5 Å². The normalized spacial score (nSPS) is 21.2. The van der Waals surface area contributed by atoms with Crippen LogP contribution in [0.1, 0.15) is 101 Å². The molecule has 1 saturated carbocycles. The maximum absolute atomic E-state index is 13.9. The molecule has 4 atom stereocenters. The van der Waals surface area contributed by atoms with Gasteiger partial charge in [-0.1, -0.05) is 86.7 Å². The van der Waals surface area contributed by atoms with E-state index < -0.39 is 19.9 Å². The van der Waals surface area contributed by atoms with Gasteiger partial charge in [0.25, 0.3) is 0 Å². The second kappa shape index (κ2) is 15.3. The zero-order valence-electron chi connectivity index (χ0n) is 25.8. The molecule has 2 aliphatic rings.